The van der Waals surface area contributed by atoms with E-state index in [1.165, 1.54) is 54.9 Å². The molecule has 2 aromatic rings. The highest BCUT2D eigenvalue weighted by Gasteiger charge is 2.28. The zero-order valence-corrected chi connectivity index (χ0v) is 19.4. The summed E-state index contributed by atoms with van der Waals surface area (Å²) in [6.45, 7) is 0.949. The van der Waals surface area contributed by atoms with Crippen LogP contribution in [0.25, 0.3) is 0 Å². The van der Waals surface area contributed by atoms with Gasteiger partial charge in [0.25, 0.3) is 5.91 Å². The summed E-state index contributed by atoms with van der Waals surface area (Å²) in [5.41, 5.74) is -0.00854. The molecular formula is C21H21ClN2O8S. The highest BCUT2D eigenvalue weighted by molar-refractivity contribution is 7.89. The van der Waals surface area contributed by atoms with Crippen LogP contribution in [0.2, 0.25) is 5.02 Å². The zero-order valence-electron chi connectivity index (χ0n) is 17.8. The SMILES string of the molecule is COC(=O)c1cc(NC(=O)c2cc(S(=O)(=O)N3CCOCC3)ccc2Cl)cc(C(=O)OC)c1. The molecule has 3 rings (SSSR count). The lowest BCUT2D eigenvalue weighted by Gasteiger charge is -2.26. The van der Waals surface area contributed by atoms with E-state index in [1.54, 1.807) is 0 Å². The molecule has 0 bridgehead atoms. The first kappa shape index (κ1) is 24.6. The second-order valence-electron chi connectivity index (χ2n) is 6.89. The van der Waals surface area contributed by atoms with E-state index in [0.29, 0.717) is 0 Å². The lowest BCUT2D eigenvalue weighted by Crippen LogP contribution is -2.40. The fourth-order valence-corrected chi connectivity index (χ4v) is 4.78. The van der Waals surface area contributed by atoms with E-state index in [0.717, 1.165) is 0 Å². The Hall–Kier alpha value is -2.99. The molecule has 12 heteroatoms. The molecule has 0 aromatic heterocycles. The van der Waals surface area contributed by atoms with Crippen LogP contribution in [-0.4, -0.2) is 71.1 Å². The Kier molecular flexibility index (Phi) is 7.69. The monoisotopic (exact) mass is 496 g/mol. The fourth-order valence-electron chi connectivity index (χ4n) is 3.14. The number of morpholine rings is 1. The van der Waals surface area contributed by atoms with Gasteiger partial charge in [0.1, 0.15) is 0 Å². The van der Waals surface area contributed by atoms with Crippen LogP contribution >= 0.6 is 11.6 Å². The number of anilines is 1. The number of ether oxygens (including phenoxy) is 3. The van der Waals surface area contributed by atoms with Crippen molar-refractivity contribution in [3.63, 3.8) is 0 Å². The van der Waals surface area contributed by atoms with E-state index < -0.39 is 27.9 Å². The number of benzene rings is 2. The molecule has 1 saturated heterocycles. The molecule has 0 saturated carbocycles. The lowest BCUT2D eigenvalue weighted by molar-refractivity contribution is 0.0598. The van der Waals surface area contributed by atoms with E-state index >= 15 is 0 Å². The fraction of sp³-hybridized carbons (Fsp3) is 0.286. The third-order valence-electron chi connectivity index (χ3n) is 4.82. The van der Waals surface area contributed by atoms with Gasteiger partial charge in [-0.2, -0.15) is 4.31 Å². The second-order valence-corrected chi connectivity index (χ2v) is 9.24. The number of amides is 1. The van der Waals surface area contributed by atoms with Gasteiger partial charge in [-0.25, -0.2) is 18.0 Å². The predicted molar refractivity (Wildman–Crippen MR) is 118 cm³/mol. The van der Waals surface area contributed by atoms with Crippen molar-refractivity contribution in [2.24, 2.45) is 0 Å². The number of nitrogens with one attached hydrogen (secondary N) is 1. The second kappa shape index (κ2) is 10.3. The smallest absolute Gasteiger partial charge is 0.337 e. The molecule has 1 heterocycles. The number of methoxy groups -OCH3 is 2. The standard InChI is InChI=1S/C21H21ClN2O8S/c1-30-20(26)13-9-14(21(27)31-2)11-15(10-13)23-19(25)17-12-16(3-4-18(17)22)33(28,29)24-5-7-32-8-6-24/h3-4,9-12H,5-8H2,1-2H3,(H,23,25). The number of carbonyl (C=O) groups excluding carboxylic acids is 3. The van der Waals surface area contributed by atoms with E-state index in [4.69, 9.17) is 16.3 Å². The maximum absolute atomic E-state index is 12.9. The van der Waals surface area contributed by atoms with Crippen molar-refractivity contribution in [3.05, 3.63) is 58.1 Å². The highest BCUT2D eigenvalue weighted by Crippen LogP contribution is 2.25. The third kappa shape index (κ3) is 5.50. The molecule has 176 valence electrons. The average molecular weight is 497 g/mol. The first-order valence-corrected chi connectivity index (χ1v) is 11.5. The Morgan fingerprint density at radius 1 is 0.970 bits per heavy atom. The third-order valence-corrected chi connectivity index (χ3v) is 7.05. The van der Waals surface area contributed by atoms with Gasteiger partial charge in [0.15, 0.2) is 0 Å². The Labute approximate surface area is 195 Å². The maximum Gasteiger partial charge on any atom is 0.337 e. The van der Waals surface area contributed by atoms with Crippen molar-refractivity contribution in [1.29, 1.82) is 0 Å². The van der Waals surface area contributed by atoms with Crippen LogP contribution in [0.15, 0.2) is 41.3 Å². The molecule has 0 unspecified atom stereocenters. The summed E-state index contributed by atoms with van der Waals surface area (Å²) in [7, 11) is -1.51. The van der Waals surface area contributed by atoms with Crippen LogP contribution in [0.5, 0.6) is 0 Å². The molecule has 1 fully saturated rings. The van der Waals surface area contributed by atoms with E-state index in [2.05, 4.69) is 14.8 Å². The van der Waals surface area contributed by atoms with Crippen molar-refractivity contribution in [1.82, 2.24) is 4.31 Å². The van der Waals surface area contributed by atoms with Gasteiger partial charge in [-0.1, -0.05) is 11.6 Å². The number of nitrogens with zero attached hydrogens (tertiary/aromatic N) is 1. The van der Waals surface area contributed by atoms with Crippen LogP contribution < -0.4 is 5.32 Å². The van der Waals surface area contributed by atoms with E-state index in [-0.39, 0.29) is 58.6 Å². The molecule has 10 nitrogen and oxygen atoms in total. The van der Waals surface area contributed by atoms with Gasteiger partial charge in [-0.3, -0.25) is 4.79 Å². The van der Waals surface area contributed by atoms with Crippen LogP contribution in [0.1, 0.15) is 31.1 Å². The molecule has 1 aliphatic rings. The number of hydrogen-bond donors (Lipinski definition) is 1. The minimum Gasteiger partial charge on any atom is -0.465 e. The molecular weight excluding hydrogens is 476 g/mol. The van der Waals surface area contributed by atoms with Gasteiger partial charge in [-0.15, -0.1) is 0 Å². The average Bonchev–Trinajstić information content (AvgIpc) is 2.83. The van der Waals surface area contributed by atoms with Gasteiger partial charge in [0, 0.05) is 18.8 Å². The predicted octanol–water partition coefficient (Wildman–Crippen LogP) is 2.19. The summed E-state index contributed by atoms with van der Waals surface area (Å²) in [5.74, 6) is -2.20. The number of esters is 2. The molecule has 0 radical (unpaired) electrons. The topological polar surface area (TPSA) is 128 Å². The van der Waals surface area contributed by atoms with Crippen molar-refractivity contribution in [3.8, 4) is 0 Å². The maximum atomic E-state index is 12.9. The van der Waals surface area contributed by atoms with Gasteiger partial charge in [0.05, 0.1) is 54.0 Å². The first-order valence-electron chi connectivity index (χ1n) is 9.68. The number of rotatable bonds is 6. The Morgan fingerprint density at radius 2 is 1.55 bits per heavy atom. The quantitative estimate of drug-likeness (QED) is 0.602. The number of halogens is 1. The van der Waals surface area contributed by atoms with Crippen molar-refractivity contribution in [2.45, 2.75) is 4.90 Å². The summed E-state index contributed by atoms with van der Waals surface area (Å²) < 4.78 is 41.7. The lowest BCUT2D eigenvalue weighted by atomic mass is 10.1. The minimum atomic E-state index is -3.86. The molecule has 0 atom stereocenters. The molecule has 1 amide bonds. The van der Waals surface area contributed by atoms with Gasteiger partial charge >= 0.3 is 11.9 Å². The van der Waals surface area contributed by atoms with Crippen molar-refractivity contribution in [2.75, 3.05) is 45.8 Å². The van der Waals surface area contributed by atoms with Crippen molar-refractivity contribution >= 4 is 45.2 Å². The summed E-state index contributed by atoms with van der Waals surface area (Å²) in [5, 5.41) is 2.55. The van der Waals surface area contributed by atoms with Gasteiger partial charge < -0.3 is 19.5 Å². The van der Waals surface area contributed by atoms with Crippen LogP contribution in [-0.2, 0) is 24.2 Å². The van der Waals surface area contributed by atoms with Crippen LogP contribution in [0.3, 0.4) is 0 Å². The summed E-state index contributed by atoms with van der Waals surface area (Å²) >= 11 is 6.16. The van der Waals surface area contributed by atoms with E-state index in [1.807, 2.05) is 0 Å². The summed E-state index contributed by atoms with van der Waals surface area (Å²) in [6, 6.07) is 7.67. The molecule has 1 aliphatic heterocycles. The summed E-state index contributed by atoms with van der Waals surface area (Å²) in [4.78, 5) is 36.7. The van der Waals surface area contributed by atoms with Crippen LogP contribution in [0, 0.1) is 0 Å². The number of hydrogen-bond acceptors (Lipinski definition) is 8. The van der Waals surface area contributed by atoms with Gasteiger partial charge in [-0.05, 0) is 36.4 Å². The summed E-state index contributed by atoms with van der Waals surface area (Å²) in [6.07, 6.45) is 0. The number of carbonyl (C=O) groups is 3. The molecule has 1 N–H and O–H groups in total. The normalized spacial score (nSPS) is 14.4. The molecule has 0 spiro atoms. The Morgan fingerprint density at radius 3 is 2.09 bits per heavy atom. The highest BCUT2D eigenvalue weighted by atomic mass is 35.5. The Balaban J connectivity index is 1.94. The molecule has 33 heavy (non-hydrogen) atoms. The number of sulfonamides is 1. The first-order chi connectivity index (χ1) is 15.7. The van der Waals surface area contributed by atoms with Crippen molar-refractivity contribution < 1.29 is 37.0 Å². The minimum absolute atomic E-state index is 0.00504. The largest absolute Gasteiger partial charge is 0.465 e. The van der Waals surface area contributed by atoms with Gasteiger partial charge in [0.2, 0.25) is 10.0 Å². The zero-order chi connectivity index (χ0) is 24.2. The molecule has 0 aliphatic carbocycles. The molecule has 2 aromatic carbocycles. The Bertz CT molecular complexity index is 1160. The van der Waals surface area contributed by atoms with E-state index in [9.17, 15) is 22.8 Å². The van der Waals surface area contributed by atoms with Crippen LogP contribution in [0.4, 0.5) is 5.69 Å².